The lowest BCUT2D eigenvalue weighted by Crippen LogP contribution is -2.13. The fourth-order valence-electron chi connectivity index (χ4n) is 1.84. The predicted molar refractivity (Wildman–Crippen MR) is 76.5 cm³/mol. The highest BCUT2D eigenvalue weighted by Gasteiger charge is 2.20. The number of anilines is 1. The number of halogens is 2. The molecule has 1 heterocycles. The largest absolute Gasteiger partial charge is 0.435 e. The Balaban J connectivity index is 2.19. The molecule has 0 saturated heterocycles. The molecule has 0 spiro atoms. The molecule has 0 amide bonds. The highest BCUT2D eigenvalue weighted by molar-refractivity contribution is 7.92. The molecular weight excluding hydrogens is 316 g/mol. The average Bonchev–Trinajstić information content (AvgIpc) is 2.82. The van der Waals surface area contributed by atoms with Crippen molar-refractivity contribution in [1.82, 2.24) is 9.78 Å². The van der Waals surface area contributed by atoms with E-state index < -0.39 is 16.6 Å². The van der Waals surface area contributed by atoms with Crippen molar-refractivity contribution in [3.63, 3.8) is 0 Å². The van der Waals surface area contributed by atoms with Gasteiger partial charge in [0.05, 0.1) is 5.69 Å². The van der Waals surface area contributed by atoms with Gasteiger partial charge in [-0.25, -0.2) is 8.42 Å². The van der Waals surface area contributed by atoms with Crippen LogP contribution >= 0.6 is 0 Å². The van der Waals surface area contributed by atoms with Crippen molar-refractivity contribution in [3.8, 4) is 5.75 Å². The Kier molecular flexibility index (Phi) is 4.65. The number of sulfonamides is 1. The Labute approximate surface area is 126 Å². The van der Waals surface area contributed by atoms with Crippen LogP contribution in [0.2, 0.25) is 0 Å². The fraction of sp³-hybridized carbons (Fsp3) is 0.308. The molecule has 0 saturated carbocycles. The molecule has 22 heavy (non-hydrogen) atoms. The van der Waals surface area contributed by atoms with Gasteiger partial charge >= 0.3 is 6.61 Å². The van der Waals surface area contributed by atoms with Crippen LogP contribution in [0.1, 0.15) is 12.6 Å². The molecule has 0 aliphatic carbocycles. The molecule has 2 rings (SSSR count). The Morgan fingerprint density at radius 3 is 2.45 bits per heavy atom. The summed E-state index contributed by atoms with van der Waals surface area (Å²) in [6.45, 7) is 1.07. The lowest BCUT2D eigenvalue weighted by molar-refractivity contribution is -0.0498. The molecule has 9 heteroatoms. The summed E-state index contributed by atoms with van der Waals surface area (Å²) in [6.07, 6.45) is 1.44. The molecule has 6 nitrogen and oxygen atoms in total. The van der Waals surface area contributed by atoms with Crippen LogP contribution in [0, 0.1) is 6.92 Å². The van der Waals surface area contributed by atoms with Crippen LogP contribution in [0.3, 0.4) is 0 Å². The number of hydrogen-bond donors (Lipinski definition) is 1. The zero-order valence-corrected chi connectivity index (χ0v) is 12.8. The molecule has 1 N–H and O–H groups in total. The van der Waals surface area contributed by atoms with E-state index in [4.69, 9.17) is 0 Å². The summed E-state index contributed by atoms with van der Waals surface area (Å²) in [5.41, 5.74) is 0.622. The summed E-state index contributed by atoms with van der Waals surface area (Å²) in [5, 5.41) is 4.08. The van der Waals surface area contributed by atoms with Gasteiger partial charge in [0.25, 0.3) is 10.0 Å². The van der Waals surface area contributed by atoms with E-state index in [9.17, 15) is 17.2 Å². The minimum atomic E-state index is -3.79. The summed E-state index contributed by atoms with van der Waals surface area (Å²) in [7, 11) is -3.79. The molecule has 2 aromatic rings. The molecular formula is C13H15F2N3O3S. The van der Waals surface area contributed by atoms with E-state index in [0.29, 0.717) is 12.2 Å². The van der Waals surface area contributed by atoms with Crippen LogP contribution in [0.15, 0.2) is 35.4 Å². The maximum Gasteiger partial charge on any atom is 0.387 e. The van der Waals surface area contributed by atoms with Crippen molar-refractivity contribution in [2.75, 3.05) is 4.72 Å². The molecule has 1 aromatic heterocycles. The van der Waals surface area contributed by atoms with Crippen LogP contribution in [-0.2, 0) is 16.6 Å². The Morgan fingerprint density at radius 2 is 1.95 bits per heavy atom. The van der Waals surface area contributed by atoms with Gasteiger partial charge in [-0.2, -0.15) is 13.9 Å². The number of ether oxygens (including phenoxy) is 1. The summed E-state index contributed by atoms with van der Waals surface area (Å²) in [4.78, 5) is 0.0715. The van der Waals surface area contributed by atoms with Crippen molar-refractivity contribution < 1.29 is 21.9 Å². The molecule has 0 atom stereocenters. The van der Waals surface area contributed by atoms with Gasteiger partial charge < -0.3 is 4.74 Å². The van der Waals surface area contributed by atoms with Gasteiger partial charge in [-0.1, -0.05) is 0 Å². The van der Waals surface area contributed by atoms with Gasteiger partial charge in [0, 0.05) is 18.4 Å². The number of alkyl halides is 2. The maximum atomic E-state index is 12.3. The second kappa shape index (κ2) is 6.30. The second-order valence-corrected chi connectivity index (χ2v) is 6.09. The van der Waals surface area contributed by atoms with Crippen molar-refractivity contribution in [2.45, 2.75) is 31.9 Å². The number of nitrogens with one attached hydrogen (secondary N) is 1. The third-order valence-corrected chi connectivity index (χ3v) is 4.33. The van der Waals surface area contributed by atoms with Crippen LogP contribution < -0.4 is 9.46 Å². The quantitative estimate of drug-likeness (QED) is 0.883. The summed E-state index contributed by atoms with van der Waals surface area (Å²) in [5.74, 6) is -0.0482. The van der Waals surface area contributed by atoms with Gasteiger partial charge in [0.15, 0.2) is 0 Å². The van der Waals surface area contributed by atoms with Gasteiger partial charge in [-0.05, 0) is 38.1 Å². The number of benzene rings is 1. The monoisotopic (exact) mass is 331 g/mol. The Morgan fingerprint density at radius 1 is 1.32 bits per heavy atom. The molecule has 0 radical (unpaired) electrons. The minimum Gasteiger partial charge on any atom is -0.435 e. The summed E-state index contributed by atoms with van der Waals surface area (Å²) in [6, 6.07) is 5.20. The zero-order chi connectivity index (χ0) is 16.3. The number of rotatable bonds is 6. The highest BCUT2D eigenvalue weighted by atomic mass is 32.2. The zero-order valence-electron chi connectivity index (χ0n) is 12.0. The van der Waals surface area contributed by atoms with Gasteiger partial charge in [-0.15, -0.1) is 0 Å². The van der Waals surface area contributed by atoms with Gasteiger partial charge in [0.2, 0.25) is 0 Å². The molecule has 1 aromatic carbocycles. The van der Waals surface area contributed by atoms with Crippen LogP contribution in [0.5, 0.6) is 5.75 Å². The van der Waals surface area contributed by atoms with E-state index in [1.807, 2.05) is 6.92 Å². The third-order valence-electron chi connectivity index (χ3n) is 2.85. The van der Waals surface area contributed by atoms with Crippen LogP contribution in [0.25, 0.3) is 0 Å². The Bertz CT molecular complexity index is 742. The van der Waals surface area contributed by atoms with E-state index in [0.717, 1.165) is 0 Å². The minimum absolute atomic E-state index is 0.0482. The Hall–Kier alpha value is -2.16. The lowest BCUT2D eigenvalue weighted by Gasteiger charge is -2.08. The normalized spacial score (nSPS) is 11.7. The number of aryl methyl sites for hydroxylation is 2. The fourth-order valence-corrected chi connectivity index (χ4v) is 3.09. The molecule has 120 valence electrons. The molecule has 0 bridgehead atoms. The first kappa shape index (κ1) is 16.2. The number of nitrogens with zero attached hydrogens (tertiary/aromatic N) is 2. The first-order valence-corrected chi connectivity index (χ1v) is 7.92. The summed E-state index contributed by atoms with van der Waals surface area (Å²) >= 11 is 0. The smallest absolute Gasteiger partial charge is 0.387 e. The second-order valence-electron chi connectivity index (χ2n) is 4.44. The van der Waals surface area contributed by atoms with Gasteiger partial charge in [-0.3, -0.25) is 9.40 Å². The van der Waals surface area contributed by atoms with E-state index >= 15 is 0 Å². The topological polar surface area (TPSA) is 73.2 Å². The SMILES string of the molecule is CCn1cc(S(=O)(=O)Nc2ccc(OC(F)F)cc2)c(C)n1. The maximum absolute atomic E-state index is 12.3. The first-order chi connectivity index (χ1) is 10.3. The standard InChI is InChI=1S/C13H15F2N3O3S/c1-3-18-8-12(9(2)16-18)22(19,20)17-10-4-6-11(7-5-10)21-13(14)15/h4-8,13,17H,3H2,1-2H3. The van der Waals surface area contributed by atoms with Crippen LogP contribution in [0.4, 0.5) is 14.5 Å². The molecule has 0 fully saturated rings. The van der Waals surface area contributed by atoms with Crippen molar-refractivity contribution in [1.29, 1.82) is 0 Å². The lowest BCUT2D eigenvalue weighted by atomic mass is 10.3. The predicted octanol–water partition coefficient (Wildman–Crippen LogP) is 2.61. The molecule has 0 aliphatic rings. The van der Waals surface area contributed by atoms with E-state index in [1.165, 1.54) is 35.1 Å². The van der Waals surface area contributed by atoms with E-state index in [-0.39, 0.29) is 16.3 Å². The van der Waals surface area contributed by atoms with Crippen molar-refractivity contribution in [3.05, 3.63) is 36.2 Å². The van der Waals surface area contributed by atoms with Crippen molar-refractivity contribution >= 4 is 15.7 Å². The van der Waals surface area contributed by atoms with Gasteiger partial charge in [0.1, 0.15) is 10.6 Å². The third kappa shape index (κ3) is 3.73. The van der Waals surface area contributed by atoms with Crippen molar-refractivity contribution in [2.24, 2.45) is 0 Å². The van der Waals surface area contributed by atoms with E-state index in [2.05, 4.69) is 14.6 Å². The van der Waals surface area contributed by atoms with Crippen LogP contribution in [-0.4, -0.2) is 24.8 Å². The molecule has 0 aliphatic heterocycles. The average molecular weight is 331 g/mol. The summed E-state index contributed by atoms with van der Waals surface area (Å²) < 4.78 is 56.8. The first-order valence-electron chi connectivity index (χ1n) is 6.43. The number of hydrogen-bond acceptors (Lipinski definition) is 4. The number of aromatic nitrogens is 2. The highest BCUT2D eigenvalue weighted by Crippen LogP contribution is 2.21. The van der Waals surface area contributed by atoms with E-state index in [1.54, 1.807) is 6.92 Å². The molecule has 0 unspecified atom stereocenters.